The van der Waals surface area contributed by atoms with Gasteiger partial charge in [-0.15, -0.1) is 12.4 Å². The summed E-state index contributed by atoms with van der Waals surface area (Å²) in [7, 11) is -0.926. The Morgan fingerprint density at radius 3 is 2.38 bits per heavy atom. The van der Waals surface area contributed by atoms with Crippen LogP contribution < -0.4 is 11.1 Å². The summed E-state index contributed by atoms with van der Waals surface area (Å²) in [6, 6.07) is 12.5. The average Bonchev–Trinajstić information content (AvgIpc) is 2.51. The summed E-state index contributed by atoms with van der Waals surface area (Å²) in [5.74, 6) is 0.214. The smallest absolute Gasteiger partial charge is 0.245 e. The lowest BCUT2D eigenvalue weighted by atomic mass is 10.0. The number of amides is 1. The van der Waals surface area contributed by atoms with Crippen molar-refractivity contribution in [3.8, 4) is 0 Å². The number of carbonyl (C=O) groups excluding carboxylic acids is 1. The Kier molecular flexibility index (Phi) is 7.60. The van der Waals surface area contributed by atoms with Crippen molar-refractivity contribution in [1.29, 1.82) is 0 Å². The first-order valence-electron chi connectivity index (χ1n) is 7.40. The number of rotatable bonds is 5. The van der Waals surface area contributed by atoms with Crippen molar-refractivity contribution < 1.29 is 9.00 Å². The fourth-order valence-corrected chi connectivity index (χ4v) is 3.08. The van der Waals surface area contributed by atoms with E-state index in [2.05, 4.69) is 5.32 Å². The lowest BCUT2D eigenvalue weighted by molar-refractivity contribution is -0.117. The van der Waals surface area contributed by atoms with Crippen LogP contribution in [0.5, 0.6) is 0 Å². The van der Waals surface area contributed by atoms with Crippen molar-refractivity contribution in [2.24, 2.45) is 5.73 Å². The SMILES string of the molecule is Cc1ccc(C(N)C(=O)Nc2cccc(CS(C)=O)c2C)cc1.Cl. The molecule has 24 heavy (non-hydrogen) atoms. The van der Waals surface area contributed by atoms with Gasteiger partial charge >= 0.3 is 0 Å². The molecule has 0 radical (unpaired) electrons. The zero-order valence-corrected chi connectivity index (χ0v) is 15.7. The van der Waals surface area contributed by atoms with Crippen LogP contribution in [0.1, 0.15) is 28.3 Å². The maximum absolute atomic E-state index is 12.4. The van der Waals surface area contributed by atoms with E-state index in [-0.39, 0.29) is 18.3 Å². The number of aryl methyl sites for hydroxylation is 1. The number of nitrogens with two attached hydrogens (primary N) is 1. The molecule has 2 rings (SSSR count). The van der Waals surface area contributed by atoms with E-state index in [9.17, 15) is 9.00 Å². The second kappa shape index (κ2) is 8.97. The van der Waals surface area contributed by atoms with Crippen molar-refractivity contribution in [2.75, 3.05) is 11.6 Å². The number of hydrogen-bond donors (Lipinski definition) is 2. The zero-order chi connectivity index (χ0) is 17.0. The number of hydrogen-bond acceptors (Lipinski definition) is 3. The first kappa shape index (κ1) is 20.4. The molecular weight excluding hydrogens is 344 g/mol. The molecule has 4 nitrogen and oxygen atoms in total. The van der Waals surface area contributed by atoms with Gasteiger partial charge in [-0.3, -0.25) is 9.00 Å². The summed E-state index contributed by atoms with van der Waals surface area (Å²) < 4.78 is 11.4. The monoisotopic (exact) mass is 366 g/mol. The molecule has 0 heterocycles. The molecule has 0 aliphatic carbocycles. The summed E-state index contributed by atoms with van der Waals surface area (Å²) in [5.41, 5.74) is 10.5. The van der Waals surface area contributed by atoms with Gasteiger partial charge in [-0.1, -0.05) is 42.0 Å². The van der Waals surface area contributed by atoms with E-state index in [0.717, 1.165) is 22.3 Å². The van der Waals surface area contributed by atoms with Crippen molar-refractivity contribution in [2.45, 2.75) is 25.6 Å². The quantitative estimate of drug-likeness (QED) is 0.853. The summed E-state index contributed by atoms with van der Waals surface area (Å²) >= 11 is 0. The predicted molar refractivity (Wildman–Crippen MR) is 103 cm³/mol. The zero-order valence-electron chi connectivity index (χ0n) is 14.0. The van der Waals surface area contributed by atoms with E-state index >= 15 is 0 Å². The Morgan fingerprint density at radius 1 is 1.17 bits per heavy atom. The van der Waals surface area contributed by atoms with Gasteiger partial charge in [0.1, 0.15) is 6.04 Å². The van der Waals surface area contributed by atoms with Crippen LogP contribution in [0.15, 0.2) is 42.5 Å². The minimum absolute atomic E-state index is 0. The standard InChI is InChI=1S/C18H22N2O2S.ClH/c1-12-7-9-14(10-8-12)17(19)18(21)20-16-6-4-5-15(13(16)2)11-23(3)22;/h4-10,17H,11,19H2,1-3H3,(H,20,21);1H. The number of halogens is 1. The van der Waals surface area contributed by atoms with Crippen LogP contribution in [0.25, 0.3) is 0 Å². The first-order valence-corrected chi connectivity index (χ1v) is 9.12. The molecule has 0 fully saturated rings. The van der Waals surface area contributed by atoms with Gasteiger partial charge in [0.25, 0.3) is 0 Å². The molecule has 0 saturated heterocycles. The molecule has 2 aromatic carbocycles. The van der Waals surface area contributed by atoms with E-state index in [1.165, 1.54) is 0 Å². The molecule has 130 valence electrons. The molecular formula is C18H23ClN2O2S. The molecule has 6 heteroatoms. The molecule has 0 aliphatic heterocycles. The van der Waals surface area contributed by atoms with Gasteiger partial charge in [0.2, 0.25) is 5.91 Å². The molecule has 2 unspecified atom stereocenters. The van der Waals surface area contributed by atoms with E-state index in [1.54, 1.807) is 6.26 Å². The van der Waals surface area contributed by atoms with Crippen LogP contribution in [0.3, 0.4) is 0 Å². The molecule has 0 aliphatic rings. The van der Waals surface area contributed by atoms with E-state index < -0.39 is 16.8 Å². The third-order valence-corrected chi connectivity index (χ3v) is 4.50. The van der Waals surface area contributed by atoms with Gasteiger partial charge in [-0.05, 0) is 36.6 Å². The minimum Gasteiger partial charge on any atom is -0.324 e. The Bertz CT molecular complexity index is 732. The van der Waals surface area contributed by atoms with Crippen LogP contribution in [-0.2, 0) is 21.3 Å². The van der Waals surface area contributed by atoms with Gasteiger partial charge in [0.15, 0.2) is 0 Å². The van der Waals surface area contributed by atoms with Gasteiger partial charge < -0.3 is 11.1 Å². The maximum Gasteiger partial charge on any atom is 0.245 e. The molecule has 0 aromatic heterocycles. The van der Waals surface area contributed by atoms with Crippen molar-refractivity contribution >= 4 is 34.8 Å². The second-order valence-electron chi connectivity index (χ2n) is 5.68. The normalized spacial score (nSPS) is 12.8. The van der Waals surface area contributed by atoms with Crippen LogP contribution >= 0.6 is 12.4 Å². The predicted octanol–water partition coefficient (Wildman–Crippen LogP) is 3.24. The summed E-state index contributed by atoms with van der Waals surface area (Å²) in [4.78, 5) is 12.4. The van der Waals surface area contributed by atoms with Crippen LogP contribution in [-0.4, -0.2) is 16.4 Å². The topological polar surface area (TPSA) is 72.2 Å². The molecule has 1 amide bonds. The van der Waals surface area contributed by atoms with Gasteiger partial charge in [0.05, 0.1) is 0 Å². The van der Waals surface area contributed by atoms with Gasteiger partial charge in [-0.25, -0.2) is 0 Å². The molecule has 0 spiro atoms. The highest BCUT2D eigenvalue weighted by molar-refractivity contribution is 7.83. The van der Waals surface area contributed by atoms with Crippen molar-refractivity contribution in [3.05, 3.63) is 64.7 Å². The number of nitrogens with one attached hydrogen (secondary N) is 1. The van der Waals surface area contributed by atoms with Crippen LogP contribution in [0, 0.1) is 13.8 Å². The highest BCUT2D eigenvalue weighted by atomic mass is 35.5. The Hall–Kier alpha value is -1.69. The third kappa shape index (κ3) is 5.16. The summed E-state index contributed by atoms with van der Waals surface area (Å²) in [6.45, 7) is 3.90. The lowest BCUT2D eigenvalue weighted by Crippen LogP contribution is -2.28. The lowest BCUT2D eigenvalue weighted by Gasteiger charge is -2.16. The molecule has 2 aromatic rings. The Morgan fingerprint density at radius 2 is 1.79 bits per heavy atom. The third-order valence-electron chi connectivity index (χ3n) is 3.78. The first-order chi connectivity index (χ1) is 10.9. The number of benzene rings is 2. The molecule has 0 saturated carbocycles. The minimum atomic E-state index is -0.926. The Labute approximate surface area is 151 Å². The highest BCUT2D eigenvalue weighted by Gasteiger charge is 2.17. The maximum atomic E-state index is 12.4. The van der Waals surface area contributed by atoms with Crippen LogP contribution in [0.4, 0.5) is 5.69 Å². The number of carbonyl (C=O) groups is 1. The van der Waals surface area contributed by atoms with Gasteiger partial charge in [0, 0.05) is 28.5 Å². The van der Waals surface area contributed by atoms with Crippen LogP contribution in [0.2, 0.25) is 0 Å². The average molecular weight is 367 g/mol. The fraction of sp³-hybridized carbons (Fsp3) is 0.278. The van der Waals surface area contributed by atoms with E-state index in [4.69, 9.17) is 5.73 Å². The van der Waals surface area contributed by atoms with E-state index in [0.29, 0.717) is 11.4 Å². The fourth-order valence-electron chi connectivity index (χ4n) is 2.33. The van der Waals surface area contributed by atoms with Crippen molar-refractivity contribution in [3.63, 3.8) is 0 Å². The van der Waals surface area contributed by atoms with E-state index in [1.807, 2.05) is 56.3 Å². The molecule has 2 atom stereocenters. The molecule has 0 bridgehead atoms. The molecule has 3 N–H and O–H groups in total. The highest BCUT2D eigenvalue weighted by Crippen LogP contribution is 2.22. The Balaban J connectivity index is 0.00000288. The van der Waals surface area contributed by atoms with Crippen molar-refractivity contribution in [1.82, 2.24) is 0 Å². The largest absolute Gasteiger partial charge is 0.324 e. The summed E-state index contributed by atoms with van der Waals surface area (Å²) in [5, 5.41) is 2.87. The second-order valence-corrected chi connectivity index (χ2v) is 7.12. The summed E-state index contributed by atoms with van der Waals surface area (Å²) in [6.07, 6.45) is 1.66. The van der Waals surface area contributed by atoms with Gasteiger partial charge in [-0.2, -0.15) is 0 Å². The number of anilines is 1.